The second-order valence-corrected chi connectivity index (χ2v) is 7.39. The Hall–Kier alpha value is -1.51. The number of rotatable bonds is 8. The molecule has 0 atom stereocenters. The van der Waals surface area contributed by atoms with E-state index in [-0.39, 0.29) is 41.4 Å². The molecule has 7 heteroatoms. The minimum Gasteiger partial charge on any atom is -0.488 e. The normalized spacial score (nSPS) is 11.6. The molecule has 0 heterocycles. The maximum atomic E-state index is 11.6. The molecule has 1 aromatic rings. The molecule has 0 spiro atoms. The summed E-state index contributed by atoms with van der Waals surface area (Å²) in [6.45, 7) is 14.3. The van der Waals surface area contributed by atoms with Gasteiger partial charge in [0.1, 0.15) is 11.4 Å². The maximum absolute atomic E-state index is 11.6. The van der Waals surface area contributed by atoms with Crippen LogP contribution >= 0.6 is 24.0 Å². The van der Waals surface area contributed by atoms with Gasteiger partial charge in [0.15, 0.2) is 5.96 Å². The summed E-state index contributed by atoms with van der Waals surface area (Å²) in [5, 5.41) is 9.34. The molecule has 0 aliphatic rings. The topological polar surface area (TPSA) is 74.8 Å². The molecular weight excluding hydrogens is 455 g/mol. The summed E-state index contributed by atoms with van der Waals surface area (Å²) in [6.07, 6.45) is 0. The molecule has 154 valence electrons. The average Bonchev–Trinajstić information content (AvgIpc) is 2.55. The Kier molecular flexibility index (Phi) is 12.1. The van der Waals surface area contributed by atoms with Gasteiger partial charge in [0.2, 0.25) is 5.91 Å². The number of benzene rings is 1. The molecule has 0 bridgehead atoms. The lowest BCUT2D eigenvalue weighted by atomic mass is 10.1. The van der Waals surface area contributed by atoms with E-state index < -0.39 is 0 Å². The van der Waals surface area contributed by atoms with Crippen LogP contribution in [-0.2, 0) is 11.3 Å². The summed E-state index contributed by atoms with van der Waals surface area (Å²) >= 11 is 0. The molecule has 0 aliphatic heterocycles. The van der Waals surface area contributed by atoms with Crippen LogP contribution in [0.15, 0.2) is 29.3 Å². The van der Waals surface area contributed by atoms with E-state index in [9.17, 15) is 4.79 Å². The van der Waals surface area contributed by atoms with Crippen molar-refractivity contribution < 1.29 is 9.53 Å². The zero-order valence-corrected chi connectivity index (χ0v) is 19.7. The van der Waals surface area contributed by atoms with Gasteiger partial charge in [-0.05, 0) is 33.8 Å². The first kappa shape index (κ1) is 25.5. The van der Waals surface area contributed by atoms with Gasteiger partial charge in [-0.2, -0.15) is 0 Å². The fourth-order valence-corrected chi connectivity index (χ4v) is 2.14. The minimum absolute atomic E-state index is 0. The summed E-state index contributed by atoms with van der Waals surface area (Å²) in [6, 6.07) is 7.95. The lowest BCUT2D eigenvalue weighted by molar-refractivity contribution is -0.123. The smallest absolute Gasteiger partial charge is 0.222 e. The number of carbonyl (C=O) groups is 1. The molecule has 0 saturated carbocycles. The first-order valence-electron chi connectivity index (χ1n) is 9.29. The Morgan fingerprint density at radius 1 is 1.11 bits per heavy atom. The van der Waals surface area contributed by atoms with Crippen LogP contribution in [0.3, 0.4) is 0 Å². The van der Waals surface area contributed by atoms with Gasteiger partial charge in [-0.3, -0.25) is 4.79 Å². The van der Waals surface area contributed by atoms with Crippen LogP contribution in [0.4, 0.5) is 0 Å². The second-order valence-electron chi connectivity index (χ2n) is 7.39. The molecule has 1 rings (SSSR count). The lowest BCUT2D eigenvalue weighted by Gasteiger charge is -2.23. The Morgan fingerprint density at radius 3 is 2.33 bits per heavy atom. The van der Waals surface area contributed by atoms with Crippen LogP contribution in [-0.4, -0.2) is 37.1 Å². The van der Waals surface area contributed by atoms with Crippen molar-refractivity contribution in [2.45, 2.75) is 53.7 Å². The van der Waals surface area contributed by atoms with E-state index in [0.717, 1.165) is 23.8 Å². The third-order valence-electron chi connectivity index (χ3n) is 3.38. The SMILES string of the molecule is CCNC(=NCc1ccccc1OC(C)(C)C)NCCNC(=O)C(C)C.I. The van der Waals surface area contributed by atoms with Crippen LogP contribution in [0, 0.1) is 5.92 Å². The van der Waals surface area contributed by atoms with Gasteiger partial charge in [0, 0.05) is 31.1 Å². The fourth-order valence-electron chi connectivity index (χ4n) is 2.14. The monoisotopic (exact) mass is 490 g/mol. The Labute approximate surface area is 181 Å². The van der Waals surface area contributed by atoms with Crippen LogP contribution in [0.5, 0.6) is 5.75 Å². The highest BCUT2D eigenvalue weighted by Crippen LogP contribution is 2.23. The number of nitrogens with zero attached hydrogens (tertiary/aromatic N) is 1. The number of halogens is 1. The number of amides is 1. The van der Waals surface area contributed by atoms with Crippen LogP contribution < -0.4 is 20.7 Å². The van der Waals surface area contributed by atoms with E-state index in [0.29, 0.717) is 19.6 Å². The molecular formula is C20H35IN4O2. The lowest BCUT2D eigenvalue weighted by Crippen LogP contribution is -2.42. The van der Waals surface area contributed by atoms with Gasteiger partial charge in [-0.25, -0.2) is 4.99 Å². The molecule has 27 heavy (non-hydrogen) atoms. The number of para-hydroxylation sites is 1. The van der Waals surface area contributed by atoms with Gasteiger partial charge >= 0.3 is 0 Å². The quantitative estimate of drug-likeness (QED) is 0.226. The number of ether oxygens (including phenoxy) is 1. The summed E-state index contributed by atoms with van der Waals surface area (Å²) in [7, 11) is 0. The molecule has 1 aromatic carbocycles. The van der Waals surface area contributed by atoms with Crippen molar-refractivity contribution >= 4 is 35.8 Å². The van der Waals surface area contributed by atoms with E-state index in [1.54, 1.807) is 0 Å². The van der Waals surface area contributed by atoms with Crippen molar-refractivity contribution in [2.75, 3.05) is 19.6 Å². The number of carbonyl (C=O) groups excluding carboxylic acids is 1. The zero-order chi connectivity index (χ0) is 19.6. The minimum atomic E-state index is -0.253. The van der Waals surface area contributed by atoms with Gasteiger partial charge in [-0.1, -0.05) is 32.0 Å². The van der Waals surface area contributed by atoms with Crippen LogP contribution in [0.1, 0.15) is 47.1 Å². The van der Waals surface area contributed by atoms with Gasteiger partial charge in [0.05, 0.1) is 6.54 Å². The molecule has 6 nitrogen and oxygen atoms in total. The van der Waals surface area contributed by atoms with Crippen LogP contribution in [0.2, 0.25) is 0 Å². The van der Waals surface area contributed by atoms with E-state index in [4.69, 9.17) is 4.74 Å². The fraction of sp³-hybridized carbons (Fsp3) is 0.600. The number of hydrogen-bond acceptors (Lipinski definition) is 3. The molecule has 0 radical (unpaired) electrons. The highest BCUT2D eigenvalue weighted by molar-refractivity contribution is 14.0. The predicted molar refractivity (Wildman–Crippen MR) is 123 cm³/mol. The van der Waals surface area contributed by atoms with Crippen molar-refractivity contribution in [1.82, 2.24) is 16.0 Å². The first-order valence-corrected chi connectivity index (χ1v) is 9.29. The highest BCUT2D eigenvalue weighted by Gasteiger charge is 2.14. The van der Waals surface area contributed by atoms with Crippen molar-refractivity contribution in [3.8, 4) is 5.75 Å². The third-order valence-corrected chi connectivity index (χ3v) is 3.38. The molecule has 0 aliphatic carbocycles. The van der Waals surface area contributed by atoms with Crippen molar-refractivity contribution in [1.29, 1.82) is 0 Å². The van der Waals surface area contributed by atoms with Crippen molar-refractivity contribution in [3.63, 3.8) is 0 Å². The molecule has 0 unspecified atom stereocenters. The first-order chi connectivity index (χ1) is 12.2. The standard InChI is InChI=1S/C20H34N4O2.HI/c1-7-21-19(23-13-12-22-18(25)15(2)3)24-14-16-10-8-9-11-17(16)26-20(4,5)6;/h8-11,15H,7,12-14H2,1-6H3,(H,22,25)(H2,21,23,24);1H. The van der Waals surface area contributed by atoms with Gasteiger partial charge in [0.25, 0.3) is 0 Å². The molecule has 1 amide bonds. The van der Waals surface area contributed by atoms with E-state index >= 15 is 0 Å². The maximum Gasteiger partial charge on any atom is 0.222 e. The Morgan fingerprint density at radius 2 is 1.74 bits per heavy atom. The summed E-state index contributed by atoms with van der Waals surface area (Å²) in [4.78, 5) is 16.2. The molecule has 0 fully saturated rings. The molecule has 0 aromatic heterocycles. The van der Waals surface area contributed by atoms with Crippen molar-refractivity contribution in [3.05, 3.63) is 29.8 Å². The average molecular weight is 490 g/mol. The molecule has 0 saturated heterocycles. The number of hydrogen-bond donors (Lipinski definition) is 3. The van der Waals surface area contributed by atoms with Crippen molar-refractivity contribution in [2.24, 2.45) is 10.9 Å². The summed E-state index contributed by atoms with van der Waals surface area (Å²) in [5.41, 5.74) is 0.782. The van der Waals surface area contributed by atoms with E-state index in [1.807, 2.05) is 65.8 Å². The van der Waals surface area contributed by atoms with E-state index in [1.165, 1.54) is 0 Å². The van der Waals surface area contributed by atoms with E-state index in [2.05, 4.69) is 20.9 Å². The third kappa shape index (κ3) is 11.0. The highest BCUT2D eigenvalue weighted by atomic mass is 127. The Bertz CT molecular complexity index is 598. The number of aliphatic imine (C=N–C) groups is 1. The van der Waals surface area contributed by atoms with Gasteiger partial charge in [-0.15, -0.1) is 24.0 Å². The number of nitrogens with one attached hydrogen (secondary N) is 3. The second kappa shape index (κ2) is 12.8. The summed E-state index contributed by atoms with van der Waals surface area (Å²) < 4.78 is 6.01. The van der Waals surface area contributed by atoms with Gasteiger partial charge < -0.3 is 20.7 Å². The largest absolute Gasteiger partial charge is 0.488 e. The summed E-state index contributed by atoms with van der Waals surface area (Å²) in [5.74, 6) is 1.62. The molecule has 3 N–H and O–H groups in total. The predicted octanol–water partition coefficient (Wildman–Crippen LogP) is 3.31. The zero-order valence-electron chi connectivity index (χ0n) is 17.4. The Balaban J connectivity index is 0.00000676. The number of guanidine groups is 1. The van der Waals surface area contributed by atoms with Crippen LogP contribution in [0.25, 0.3) is 0 Å².